The Morgan fingerprint density at radius 1 is 1.12 bits per heavy atom. The zero-order valence-corrected chi connectivity index (χ0v) is 18.5. The molecule has 164 valence electrons. The quantitative estimate of drug-likeness (QED) is 0.492. The van der Waals surface area contributed by atoms with Gasteiger partial charge in [0.15, 0.2) is 11.4 Å². The van der Waals surface area contributed by atoms with Crippen molar-refractivity contribution in [3.63, 3.8) is 0 Å². The number of amides is 2. The number of carbonyl (C=O) groups is 2. The molecule has 4 aromatic rings. The highest BCUT2D eigenvalue weighted by atomic mass is 16.3. The standard InChI is InChI=1S/C24H25N5O3/c1-5-29(6-2)24(31)16-9-11-17(12-10-16)25-23(30)18-14-19(20-8-7-13-32-20)26-22-21(18)15(3)27-28(22)4/h7-14H,5-6H2,1-4H3,(H,25,30). The fourth-order valence-electron chi connectivity index (χ4n) is 3.76. The van der Waals surface area contributed by atoms with Crippen LogP contribution in [0.3, 0.4) is 0 Å². The van der Waals surface area contributed by atoms with E-state index in [-0.39, 0.29) is 11.8 Å². The number of nitrogens with one attached hydrogen (secondary N) is 1. The van der Waals surface area contributed by atoms with Crippen molar-refractivity contribution in [2.45, 2.75) is 20.8 Å². The summed E-state index contributed by atoms with van der Waals surface area (Å²) in [6, 6.07) is 12.2. The summed E-state index contributed by atoms with van der Waals surface area (Å²) in [5, 5.41) is 8.04. The summed E-state index contributed by atoms with van der Waals surface area (Å²) < 4.78 is 7.14. The lowest BCUT2D eigenvalue weighted by Gasteiger charge is -2.18. The second kappa shape index (κ2) is 8.66. The van der Waals surface area contributed by atoms with Crippen LogP contribution in [0.5, 0.6) is 0 Å². The highest BCUT2D eigenvalue weighted by Crippen LogP contribution is 2.28. The fourth-order valence-corrected chi connectivity index (χ4v) is 3.76. The first-order chi connectivity index (χ1) is 15.4. The van der Waals surface area contributed by atoms with E-state index in [1.165, 1.54) is 0 Å². The average Bonchev–Trinajstić information content (AvgIpc) is 3.43. The van der Waals surface area contributed by atoms with E-state index in [4.69, 9.17) is 4.42 Å². The molecule has 0 aliphatic carbocycles. The summed E-state index contributed by atoms with van der Waals surface area (Å²) in [5.74, 6) is 0.251. The van der Waals surface area contributed by atoms with Gasteiger partial charge in [0.25, 0.3) is 11.8 Å². The van der Waals surface area contributed by atoms with Crippen molar-refractivity contribution in [2.75, 3.05) is 18.4 Å². The highest BCUT2D eigenvalue weighted by Gasteiger charge is 2.20. The predicted molar refractivity (Wildman–Crippen MR) is 123 cm³/mol. The smallest absolute Gasteiger partial charge is 0.256 e. The number of nitrogens with zero attached hydrogens (tertiary/aromatic N) is 4. The monoisotopic (exact) mass is 431 g/mol. The Kier molecular flexibility index (Phi) is 5.77. The topological polar surface area (TPSA) is 93.3 Å². The number of hydrogen-bond donors (Lipinski definition) is 1. The third-order valence-corrected chi connectivity index (χ3v) is 5.43. The second-order valence-electron chi connectivity index (χ2n) is 7.45. The minimum Gasteiger partial charge on any atom is -0.463 e. The minimum absolute atomic E-state index is 0.0298. The molecule has 0 saturated heterocycles. The van der Waals surface area contributed by atoms with Gasteiger partial charge in [-0.2, -0.15) is 5.10 Å². The molecule has 3 heterocycles. The van der Waals surface area contributed by atoms with Crippen LogP contribution in [0.15, 0.2) is 53.1 Å². The zero-order valence-electron chi connectivity index (χ0n) is 18.5. The Hall–Kier alpha value is -3.94. The molecule has 0 bridgehead atoms. The molecule has 0 saturated carbocycles. The Balaban J connectivity index is 1.66. The van der Waals surface area contributed by atoms with Crippen molar-refractivity contribution >= 4 is 28.5 Å². The molecule has 8 heteroatoms. The van der Waals surface area contributed by atoms with Crippen molar-refractivity contribution in [2.24, 2.45) is 7.05 Å². The van der Waals surface area contributed by atoms with Gasteiger partial charge in [-0.1, -0.05) is 0 Å². The third-order valence-electron chi connectivity index (χ3n) is 5.43. The van der Waals surface area contributed by atoms with E-state index >= 15 is 0 Å². The second-order valence-corrected chi connectivity index (χ2v) is 7.45. The number of hydrogen-bond acceptors (Lipinski definition) is 5. The van der Waals surface area contributed by atoms with E-state index in [9.17, 15) is 9.59 Å². The van der Waals surface area contributed by atoms with Gasteiger partial charge >= 0.3 is 0 Å². The van der Waals surface area contributed by atoms with Crippen LogP contribution in [0, 0.1) is 6.92 Å². The number of aryl methyl sites for hydroxylation is 2. The normalized spacial score (nSPS) is 11.0. The third kappa shape index (κ3) is 3.87. The van der Waals surface area contributed by atoms with Crippen LogP contribution in [0.2, 0.25) is 0 Å². The van der Waals surface area contributed by atoms with Gasteiger partial charge in [-0.25, -0.2) is 4.98 Å². The van der Waals surface area contributed by atoms with Crippen LogP contribution in [0.1, 0.15) is 40.3 Å². The molecule has 2 amide bonds. The molecule has 1 aromatic carbocycles. The Labute approximate surface area is 185 Å². The van der Waals surface area contributed by atoms with E-state index in [0.29, 0.717) is 58.1 Å². The molecule has 8 nitrogen and oxygen atoms in total. The molecule has 32 heavy (non-hydrogen) atoms. The SMILES string of the molecule is CCN(CC)C(=O)c1ccc(NC(=O)c2cc(-c3ccco3)nc3c2c(C)nn3C)cc1. The molecule has 0 unspecified atom stereocenters. The van der Waals surface area contributed by atoms with Crippen molar-refractivity contribution in [1.29, 1.82) is 0 Å². The number of carbonyl (C=O) groups excluding carboxylic acids is 2. The minimum atomic E-state index is -0.288. The summed E-state index contributed by atoms with van der Waals surface area (Å²) in [5.41, 5.74) is 3.50. The van der Waals surface area contributed by atoms with Crippen LogP contribution in [0.25, 0.3) is 22.5 Å². The zero-order chi connectivity index (χ0) is 22.8. The van der Waals surface area contributed by atoms with E-state index in [1.54, 1.807) is 65.4 Å². The summed E-state index contributed by atoms with van der Waals surface area (Å²) in [6.45, 7) is 7.04. The van der Waals surface area contributed by atoms with Gasteiger partial charge in [0.2, 0.25) is 0 Å². The number of benzene rings is 1. The number of aromatic nitrogens is 3. The van der Waals surface area contributed by atoms with Gasteiger partial charge in [0.1, 0.15) is 5.69 Å². The summed E-state index contributed by atoms with van der Waals surface area (Å²) in [4.78, 5) is 32.1. The van der Waals surface area contributed by atoms with Crippen molar-refractivity contribution in [3.8, 4) is 11.5 Å². The van der Waals surface area contributed by atoms with Crippen molar-refractivity contribution in [1.82, 2.24) is 19.7 Å². The molecule has 0 atom stereocenters. The first kappa shape index (κ1) is 21.3. The number of anilines is 1. The van der Waals surface area contributed by atoms with Crippen LogP contribution < -0.4 is 5.32 Å². The van der Waals surface area contributed by atoms with Gasteiger partial charge in [0, 0.05) is 31.4 Å². The van der Waals surface area contributed by atoms with Gasteiger partial charge in [-0.15, -0.1) is 0 Å². The maximum absolute atomic E-state index is 13.2. The molecule has 4 rings (SSSR count). The lowest BCUT2D eigenvalue weighted by molar-refractivity contribution is 0.0773. The summed E-state index contributed by atoms with van der Waals surface area (Å²) in [7, 11) is 1.79. The van der Waals surface area contributed by atoms with Crippen LogP contribution >= 0.6 is 0 Å². The van der Waals surface area contributed by atoms with E-state index in [2.05, 4.69) is 15.4 Å². The van der Waals surface area contributed by atoms with E-state index in [0.717, 1.165) is 0 Å². The maximum Gasteiger partial charge on any atom is 0.256 e. The molecular formula is C24H25N5O3. The van der Waals surface area contributed by atoms with Gasteiger partial charge in [-0.05, 0) is 63.2 Å². The lowest BCUT2D eigenvalue weighted by atomic mass is 10.1. The largest absolute Gasteiger partial charge is 0.463 e. The molecule has 0 aliphatic rings. The van der Waals surface area contributed by atoms with Gasteiger partial charge < -0.3 is 14.6 Å². The van der Waals surface area contributed by atoms with Crippen LogP contribution in [-0.2, 0) is 7.05 Å². The molecule has 0 fully saturated rings. The molecular weight excluding hydrogens is 406 g/mol. The summed E-state index contributed by atoms with van der Waals surface area (Å²) in [6.07, 6.45) is 1.57. The van der Waals surface area contributed by atoms with Gasteiger partial charge in [0.05, 0.1) is 22.9 Å². The summed E-state index contributed by atoms with van der Waals surface area (Å²) >= 11 is 0. The number of fused-ring (bicyclic) bond motifs is 1. The highest BCUT2D eigenvalue weighted by molar-refractivity contribution is 6.13. The lowest BCUT2D eigenvalue weighted by Crippen LogP contribution is -2.30. The first-order valence-electron chi connectivity index (χ1n) is 10.5. The van der Waals surface area contributed by atoms with Crippen LogP contribution in [-0.4, -0.2) is 44.6 Å². The number of furan rings is 1. The first-order valence-corrected chi connectivity index (χ1v) is 10.5. The Morgan fingerprint density at radius 3 is 2.47 bits per heavy atom. The number of rotatable bonds is 6. The molecule has 3 aromatic heterocycles. The Bertz CT molecular complexity index is 1270. The molecule has 1 N–H and O–H groups in total. The Morgan fingerprint density at radius 2 is 1.84 bits per heavy atom. The average molecular weight is 431 g/mol. The maximum atomic E-state index is 13.2. The van der Waals surface area contributed by atoms with Crippen molar-refractivity contribution in [3.05, 3.63) is 65.5 Å². The van der Waals surface area contributed by atoms with Crippen molar-refractivity contribution < 1.29 is 14.0 Å². The van der Waals surface area contributed by atoms with E-state index < -0.39 is 0 Å². The van der Waals surface area contributed by atoms with Crippen LogP contribution in [0.4, 0.5) is 5.69 Å². The fraction of sp³-hybridized carbons (Fsp3) is 0.250. The number of pyridine rings is 1. The molecule has 0 radical (unpaired) electrons. The van der Waals surface area contributed by atoms with E-state index in [1.807, 2.05) is 20.8 Å². The molecule has 0 aliphatic heterocycles. The predicted octanol–water partition coefficient (Wildman–Crippen LogP) is 4.27. The molecule has 0 spiro atoms. The van der Waals surface area contributed by atoms with Gasteiger partial charge in [-0.3, -0.25) is 14.3 Å².